The SMILES string of the molecule is COc1cc2c(cc1OC)C(=O)C1(CO)COC(=O)C1C2. The van der Waals surface area contributed by atoms with Crippen molar-refractivity contribution in [2.24, 2.45) is 11.3 Å². The molecule has 21 heavy (non-hydrogen) atoms. The molecule has 1 heterocycles. The zero-order valence-electron chi connectivity index (χ0n) is 11.8. The van der Waals surface area contributed by atoms with Crippen molar-refractivity contribution in [3.05, 3.63) is 23.3 Å². The molecule has 0 bridgehead atoms. The van der Waals surface area contributed by atoms with Gasteiger partial charge < -0.3 is 19.3 Å². The summed E-state index contributed by atoms with van der Waals surface area (Å²) in [5, 5.41) is 9.68. The first-order chi connectivity index (χ1) is 10.1. The van der Waals surface area contributed by atoms with Gasteiger partial charge in [-0.25, -0.2) is 0 Å². The number of aliphatic hydroxyl groups excluding tert-OH is 1. The van der Waals surface area contributed by atoms with Crippen molar-refractivity contribution in [1.82, 2.24) is 0 Å². The Labute approximate surface area is 121 Å². The molecule has 0 radical (unpaired) electrons. The molecule has 0 spiro atoms. The molecule has 3 rings (SSSR count). The summed E-state index contributed by atoms with van der Waals surface area (Å²) in [5.74, 6) is -0.394. The fourth-order valence-electron chi connectivity index (χ4n) is 3.15. The molecule has 1 fully saturated rings. The Bertz CT molecular complexity index is 623. The lowest BCUT2D eigenvalue weighted by molar-refractivity contribution is -0.141. The van der Waals surface area contributed by atoms with Crippen molar-refractivity contribution < 1.29 is 28.9 Å². The second-order valence-electron chi connectivity index (χ2n) is 5.37. The Morgan fingerprint density at radius 3 is 2.57 bits per heavy atom. The summed E-state index contributed by atoms with van der Waals surface area (Å²) in [7, 11) is 3.00. The van der Waals surface area contributed by atoms with Gasteiger partial charge in [0.1, 0.15) is 12.0 Å². The first-order valence-electron chi connectivity index (χ1n) is 6.64. The minimum atomic E-state index is -1.16. The van der Waals surface area contributed by atoms with E-state index in [4.69, 9.17) is 14.2 Å². The van der Waals surface area contributed by atoms with Gasteiger partial charge in [0.25, 0.3) is 0 Å². The third-order valence-corrected chi connectivity index (χ3v) is 4.44. The number of esters is 1. The van der Waals surface area contributed by atoms with E-state index in [2.05, 4.69) is 0 Å². The summed E-state index contributed by atoms with van der Waals surface area (Å²) in [6, 6.07) is 3.31. The molecule has 1 N–H and O–H groups in total. The largest absolute Gasteiger partial charge is 0.493 e. The van der Waals surface area contributed by atoms with Crippen LogP contribution < -0.4 is 9.47 Å². The van der Waals surface area contributed by atoms with E-state index in [0.717, 1.165) is 0 Å². The summed E-state index contributed by atoms with van der Waals surface area (Å²) in [6.07, 6.45) is 0.348. The van der Waals surface area contributed by atoms with Crippen LogP contribution in [0.2, 0.25) is 0 Å². The van der Waals surface area contributed by atoms with Gasteiger partial charge in [0.2, 0.25) is 0 Å². The van der Waals surface area contributed by atoms with Gasteiger partial charge in [-0.05, 0) is 24.1 Å². The van der Waals surface area contributed by atoms with Gasteiger partial charge in [-0.2, -0.15) is 0 Å². The molecule has 1 aromatic carbocycles. The van der Waals surface area contributed by atoms with E-state index in [0.29, 0.717) is 29.0 Å². The predicted molar refractivity (Wildman–Crippen MR) is 71.5 cm³/mol. The zero-order valence-corrected chi connectivity index (χ0v) is 11.8. The highest BCUT2D eigenvalue weighted by Crippen LogP contribution is 2.46. The molecule has 0 aromatic heterocycles. The fraction of sp³-hybridized carbons (Fsp3) is 0.467. The number of hydrogen-bond acceptors (Lipinski definition) is 6. The molecular formula is C15H16O6. The molecule has 0 saturated carbocycles. The molecule has 1 aromatic rings. The van der Waals surface area contributed by atoms with Crippen LogP contribution in [0, 0.1) is 11.3 Å². The lowest BCUT2D eigenvalue weighted by Crippen LogP contribution is -2.46. The van der Waals surface area contributed by atoms with Crippen molar-refractivity contribution in [2.45, 2.75) is 6.42 Å². The number of aliphatic hydroxyl groups is 1. The summed E-state index contributed by atoms with van der Waals surface area (Å²) in [4.78, 5) is 24.6. The number of carbonyl (C=O) groups excluding carboxylic acids is 2. The maximum absolute atomic E-state index is 12.8. The predicted octanol–water partition coefficient (Wildman–Crippen LogP) is 0.594. The first kappa shape index (κ1) is 13.9. The van der Waals surface area contributed by atoms with Crippen LogP contribution in [0.4, 0.5) is 0 Å². The Hall–Kier alpha value is -2.08. The molecule has 2 unspecified atom stereocenters. The number of hydrogen-bond donors (Lipinski definition) is 1. The van der Waals surface area contributed by atoms with E-state index >= 15 is 0 Å². The van der Waals surface area contributed by atoms with E-state index in [1.165, 1.54) is 14.2 Å². The van der Waals surface area contributed by atoms with Crippen LogP contribution in [-0.2, 0) is 16.0 Å². The molecule has 2 aliphatic rings. The normalized spacial score (nSPS) is 26.9. The van der Waals surface area contributed by atoms with Crippen LogP contribution in [0.25, 0.3) is 0 Å². The molecule has 2 atom stereocenters. The van der Waals surface area contributed by atoms with Crippen LogP contribution >= 0.6 is 0 Å². The number of Topliss-reactive ketones (excluding diaryl/α,β-unsaturated/α-hetero) is 1. The van der Waals surface area contributed by atoms with E-state index < -0.39 is 23.9 Å². The second kappa shape index (κ2) is 4.73. The van der Waals surface area contributed by atoms with Crippen molar-refractivity contribution in [2.75, 3.05) is 27.4 Å². The van der Waals surface area contributed by atoms with Crippen LogP contribution in [0.15, 0.2) is 12.1 Å². The van der Waals surface area contributed by atoms with E-state index in [1.54, 1.807) is 12.1 Å². The minimum absolute atomic E-state index is 0.0698. The van der Waals surface area contributed by atoms with Gasteiger partial charge in [0.05, 0.1) is 26.7 Å². The lowest BCUT2D eigenvalue weighted by Gasteiger charge is -2.34. The number of fused-ring (bicyclic) bond motifs is 2. The molecular weight excluding hydrogens is 276 g/mol. The maximum atomic E-state index is 12.8. The molecule has 6 heteroatoms. The van der Waals surface area contributed by atoms with Gasteiger partial charge in [-0.15, -0.1) is 0 Å². The van der Waals surface area contributed by atoms with Gasteiger partial charge in [-0.1, -0.05) is 0 Å². The smallest absolute Gasteiger partial charge is 0.310 e. The number of ether oxygens (including phenoxy) is 3. The average molecular weight is 292 g/mol. The summed E-state index contributed by atoms with van der Waals surface area (Å²) >= 11 is 0. The first-order valence-corrected chi connectivity index (χ1v) is 6.64. The molecule has 1 saturated heterocycles. The Kier molecular flexibility index (Phi) is 3.13. The Morgan fingerprint density at radius 1 is 1.29 bits per heavy atom. The number of rotatable bonds is 3. The number of carbonyl (C=O) groups is 2. The monoisotopic (exact) mass is 292 g/mol. The van der Waals surface area contributed by atoms with Crippen LogP contribution in [0.5, 0.6) is 11.5 Å². The molecule has 112 valence electrons. The van der Waals surface area contributed by atoms with Crippen molar-refractivity contribution in [3.63, 3.8) is 0 Å². The highest BCUT2D eigenvalue weighted by atomic mass is 16.5. The van der Waals surface area contributed by atoms with Gasteiger partial charge >= 0.3 is 5.97 Å². The van der Waals surface area contributed by atoms with E-state index in [-0.39, 0.29) is 12.4 Å². The molecule has 0 amide bonds. The summed E-state index contributed by atoms with van der Waals surface area (Å²) < 4.78 is 15.5. The number of ketones is 1. The molecule has 1 aliphatic carbocycles. The van der Waals surface area contributed by atoms with Crippen molar-refractivity contribution in [3.8, 4) is 11.5 Å². The number of benzene rings is 1. The van der Waals surface area contributed by atoms with Gasteiger partial charge in [0.15, 0.2) is 17.3 Å². The number of methoxy groups -OCH3 is 2. The second-order valence-corrected chi connectivity index (χ2v) is 5.37. The zero-order chi connectivity index (χ0) is 15.2. The van der Waals surface area contributed by atoms with Crippen LogP contribution in [0.3, 0.4) is 0 Å². The third kappa shape index (κ3) is 1.75. The lowest BCUT2D eigenvalue weighted by atomic mass is 9.65. The molecule has 6 nitrogen and oxygen atoms in total. The highest BCUT2D eigenvalue weighted by molar-refractivity contribution is 6.07. The van der Waals surface area contributed by atoms with Crippen LogP contribution in [-0.4, -0.2) is 44.3 Å². The Balaban J connectivity index is 2.16. The van der Waals surface area contributed by atoms with Gasteiger partial charge in [-0.3, -0.25) is 9.59 Å². The minimum Gasteiger partial charge on any atom is -0.493 e. The molecule has 1 aliphatic heterocycles. The van der Waals surface area contributed by atoms with Crippen molar-refractivity contribution in [1.29, 1.82) is 0 Å². The van der Waals surface area contributed by atoms with Crippen molar-refractivity contribution >= 4 is 11.8 Å². The fourth-order valence-corrected chi connectivity index (χ4v) is 3.15. The summed E-state index contributed by atoms with van der Waals surface area (Å²) in [5.41, 5.74) is 0.00534. The summed E-state index contributed by atoms with van der Waals surface area (Å²) in [6.45, 7) is -0.477. The van der Waals surface area contributed by atoms with E-state index in [9.17, 15) is 14.7 Å². The quantitative estimate of drug-likeness (QED) is 0.821. The maximum Gasteiger partial charge on any atom is 0.310 e. The standard InChI is InChI=1S/C15H16O6/c1-19-11-4-8-3-10-14(18)21-7-15(10,6-16)13(17)9(8)5-12(11)20-2/h4-5,10,16H,3,6-7H2,1-2H3. The topological polar surface area (TPSA) is 82.1 Å². The highest BCUT2D eigenvalue weighted by Gasteiger charge is 2.58. The third-order valence-electron chi connectivity index (χ3n) is 4.44. The van der Waals surface area contributed by atoms with E-state index in [1.807, 2.05) is 0 Å². The Morgan fingerprint density at radius 2 is 1.95 bits per heavy atom. The van der Waals surface area contributed by atoms with Gasteiger partial charge in [0, 0.05) is 5.56 Å². The average Bonchev–Trinajstić information content (AvgIpc) is 2.84. The number of cyclic esters (lactones) is 1. The van der Waals surface area contributed by atoms with Crippen LogP contribution in [0.1, 0.15) is 15.9 Å².